The lowest BCUT2D eigenvalue weighted by Crippen LogP contribution is -2.46. The van der Waals surface area contributed by atoms with Gasteiger partial charge >= 0.3 is 5.97 Å². The first-order chi connectivity index (χ1) is 32.5. The number of esters is 1. The van der Waals surface area contributed by atoms with Gasteiger partial charge in [-0.1, -0.05) is 233 Å². The highest BCUT2D eigenvalue weighted by Crippen LogP contribution is 2.15. The Kier molecular flexibility index (Phi) is 49.3. The first-order valence-corrected chi connectivity index (χ1v) is 26.8. The Morgan fingerprint density at radius 2 is 0.848 bits per heavy atom. The zero-order valence-electron chi connectivity index (χ0n) is 42.5. The van der Waals surface area contributed by atoms with Gasteiger partial charge in [0.1, 0.15) is 6.10 Å². The summed E-state index contributed by atoms with van der Waals surface area (Å²) in [6, 6.07) is -0.758. The molecule has 374 valence electrons. The zero-order valence-corrected chi connectivity index (χ0v) is 42.5. The van der Waals surface area contributed by atoms with E-state index < -0.39 is 18.2 Å². The fourth-order valence-electron chi connectivity index (χ4n) is 7.30. The molecule has 0 aliphatic rings. The largest absolute Gasteiger partial charge is 0.458 e. The number of nitrogens with one attached hydrogen (secondary N) is 1. The van der Waals surface area contributed by atoms with Gasteiger partial charge < -0.3 is 20.3 Å². The van der Waals surface area contributed by atoms with E-state index in [0.717, 1.165) is 103 Å². The Hall–Kier alpha value is -3.74. The number of carbonyl (C=O) groups excluding carboxylic acids is 2. The summed E-state index contributed by atoms with van der Waals surface area (Å²) in [4.78, 5) is 26.1. The van der Waals surface area contributed by atoms with Crippen LogP contribution in [0.25, 0.3) is 0 Å². The van der Waals surface area contributed by atoms with Gasteiger partial charge in [0.2, 0.25) is 5.91 Å². The second-order valence-corrected chi connectivity index (χ2v) is 17.5. The molecule has 0 heterocycles. The maximum Gasteiger partial charge on any atom is 0.306 e. The predicted molar refractivity (Wildman–Crippen MR) is 286 cm³/mol. The van der Waals surface area contributed by atoms with E-state index in [9.17, 15) is 19.8 Å². The number of hydrogen-bond acceptors (Lipinski definition) is 5. The Bertz CT molecular complexity index is 1390. The number of rotatable bonds is 46. The van der Waals surface area contributed by atoms with Gasteiger partial charge in [0.25, 0.3) is 0 Å². The normalized spacial score (nSPS) is 14.2. The molecule has 0 aromatic carbocycles. The summed E-state index contributed by atoms with van der Waals surface area (Å²) in [5, 5.41) is 23.7. The van der Waals surface area contributed by atoms with Gasteiger partial charge in [-0.2, -0.15) is 0 Å². The molecule has 0 aromatic rings. The van der Waals surface area contributed by atoms with Crippen LogP contribution in [0, 0.1) is 0 Å². The molecule has 66 heavy (non-hydrogen) atoms. The van der Waals surface area contributed by atoms with Crippen molar-refractivity contribution >= 4 is 11.9 Å². The van der Waals surface area contributed by atoms with E-state index in [1.807, 2.05) is 6.08 Å². The summed E-state index contributed by atoms with van der Waals surface area (Å²) in [6.07, 6.45) is 72.9. The Balaban J connectivity index is 4.84. The summed E-state index contributed by atoms with van der Waals surface area (Å²) in [5.74, 6) is -0.677. The summed E-state index contributed by atoms with van der Waals surface area (Å²) < 4.78 is 5.82. The highest BCUT2D eigenvalue weighted by atomic mass is 16.5. The van der Waals surface area contributed by atoms with Gasteiger partial charge in [0.05, 0.1) is 25.2 Å². The lowest BCUT2D eigenvalue weighted by atomic mass is 10.0. The zero-order chi connectivity index (χ0) is 48.1. The molecule has 0 aliphatic heterocycles. The monoisotopic (exact) mass is 914 g/mol. The van der Waals surface area contributed by atoms with Crippen molar-refractivity contribution in [1.82, 2.24) is 5.32 Å². The van der Waals surface area contributed by atoms with Crippen LogP contribution in [0.3, 0.4) is 0 Å². The van der Waals surface area contributed by atoms with Gasteiger partial charge in [-0.3, -0.25) is 9.59 Å². The number of unbranched alkanes of at least 4 members (excludes halogenated alkanes) is 16. The fraction of sp³-hybridized carbons (Fsp3) is 0.633. The molecule has 0 saturated carbocycles. The average Bonchev–Trinajstić information content (AvgIpc) is 3.31. The predicted octanol–water partition coefficient (Wildman–Crippen LogP) is 16.5. The molecule has 3 N–H and O–H groups in total. The van der Waals surface area contributed by atoms with Crippen LogP contribution in [0.4, 0.5) is 0 Å². The van der Waals surface area contributed by atoms with Gasteiger partial charge in [-0.15, -0.1) is 0 Å². The Morgan fingerprint density at radius 3 is 1.27 bits per heavy atom. The Labute approximate surface area is 406 Å². The molecule has 1 amide bonds. The van der Waals surface area contributed by atoms with Crippen LogP contribution in [-0.2, 0) is 14.3 Å². The number of allylic oxidation sites excluding steroid dienone is 19. The van der Waals surface area contributed by atoms with Crippen molar-refractivity contribution in [3.05, 3.63) is 122 Å². The van der Waals surface area contributed by atoms with Crippen LogP contribution in [0.1, 0.15) is 220 Å². The van der Waals surface area contributed by atoms with Crippen LogP contribution >= 0.6 is 0 Å². The SMILES string of the molecule is CC/C=C\C/C=C\C/C=C\C/C=C\C/C=C\C/C=C\C(CC(=O)NC(CO)C(O)CCCCCCCCCCCCCCCC)OC(=O)CCCCC/C=C/C/C=C/C/C=C/C/C=C/CC. The van der Waals surface area contributed by atoms with Crippen LogP contribution in [0.2, 0.25) is 0 Å². The van der Waals surface area contributed by atoms with Gasteiger partial charge in [-0.25, -0.2) is 0 Å². The van der Waals surface area contributed by atoms with Crippen LogP contribution in [0.15, 0.2) is 122 Å². The summed E-state index contributed by atoms with van der Waals surface area (Å²) in [5.41, 5.74) is 0. The van der Waals surface area contributed by atoms with Crippen LogP contribution in [0.5, 0.6) is 0 Å². The number of amides is 1. The molecule has 3 atom stereocenters. The van der Waals surface area contributed by atoms with Crippen LogP contribution < -0.4 is 5.32 Å². The van der Waals surface area contributed by atoms with E-state index in [1.54, 1.807) is 6.08 Å². The quantitative estimate of drug-likeness (QED) is 0.0321. The van der Waals surface area contributed by atoms with Crippen molar-refractivity contribution in [2.75, 3.05) is 6.61 Å². The maximum atomic E-state index is 13.2. The third kappa shape index (κ3) is 46.8. The van der Waals surface area contributed by atoms with E-state index in [-0.39, 0.29) is 24.9 Å². The molecule has 0 aliphatic carbocycles. The van der Waals surface area contributed by atoms with Crippen molar-refractivity contribution in [2.24, 2.45) is 0 Å². The van der Waals surface area contributed by atoms with Gasteiger partial charge in [-0.05, 0) is 96.0 Å². The van der Waals surface area contributed by atoms with Crippen molar-refractivity contribution in [3.63, 3.8) is 0 Å². The van der Waals surface area contributed by atoms with Crippen molar-refractivity contribution in [3.8, 4) is 0 Å². The molecular formula is C60H99NO5. The smallest absolute Gasteiger partial charge is 0.306 e. The van der Waals surface area contributed by atoms with E-state index >= 15 is 0 Å². The summed E-state index contributed by atoms with van der Waals surface area (Å²) in [6.45, 7) is 6.21. The first kappa shape index (κ1) is 62.3. The summed E-state index contributed by atoms with van der Waals surface area (Å²) >= 11 is 0. The minimum atomic E-state index is -0.833. The number of carbonyl (C=O) groups is 2. The molecule has 0 radical (unpaired) electrons. The second-order valence-electron chi connectivity index (χ2n) is 17.5. The second kappa shape index (κ2) is 52.2. The average molecular weight is 914 g/mol. The van der Waals surface area contributed by atoms with Crippen molar-refractivity contribution < 1.29 is 24.5 Å². The molecule has 0 saturated heterocycles. The standard InChI is InChI=1S/C60H99NO5/c1-4-7-10-13-16-19-22-25-28-30-31-33-36-39-42-45-48-51-56(66-60(65)53-50-47-44-41-38-35-32-29-26-23-20-17-14-11-8-5-2)54-59(64)61-57(55-62)58(63)52-49-46-43-40-37-34-27-24-21-18-15-12-9-6-3/h7-8,10-11,16-17,19-20,25-26,28-29,31,33,35,38-39,42,48,51,56-58,62-63H,4-6,9,12-15,18,21-24,27,30,32,34,36-37,40-41,43-47,49-50,52-55H2,1-3H3,(H,61,64)/b10-7-,11-8+,19-16-,20-17+,28-25-,29-26+,33-31-,38-35+,42-39-,51-48-. The van der Waals surface area contributed by atoms with Gasteiger partial charge in [0.15, 0.2) is 0 Å². The third-order valence-corrected chi connectivity index (χ3v) is 11.3. The lowest BCUT2D eigenvalue weighted by molar-refractivity contribution is -0.148. The lowest BCUT2D eigenvalue weighted by Gasteiger charge is -2.23. The van der Waals surface area contributed by atoms with Gasteiger partial charge in [0, 0.05) is 6.42 Å². The number of aliphatic hydroxyl groups excluding tert-OH is 2. The van der Waals surface area contributed by atoms with E-state index in [0.29, 0.717) is 19.3 Å². The Morgan fingerprint density at radius 1 is 0.470 bits per heavy atom. The molecule has 6 nitrogen and oxygen atoms in total. The first-order valence-electron chi connectivity index (χ1n) is 26.8. The van der Waals surface area contributed by atoms with Crippen molar-refractivity contribution in [2.45, 2.75) is 238 Å². The topological polar surface area (TPSA) is 95.9 Å². The number of aliphatic hydroxyl groups is 2. The summed E-state index contributed by atoms with van der Waals surface area (Å²) in [7, 11) is 0. The highest BCUT2D eigenvalue weighted by Gasteiger charge is 2.23. The molecule has 0 aromatic heterocycles. The molecule has 0 fully saturated rings. The molecule has 0 bridgehead atoms. The van der Waals surface area contributed by atoms with Crippen LogP contribution in [-0.4, -0.2) is 46.9 Å². The minimum Gasteiger partial charge on any atom is -0.458 e. The van der Waals surface area contributed by atoms with Crippen molar-refractivity contribution in [1.29, 1.82) is 0 Å². The molecule has 0 spiro atoms. The third-order valence-electron chi connectivity index (χ3n) is 11.3. The minimum absolute atomic E-state index is 0.0676. The fourth-order valence-corrected chi connectivity index (χ4v) is 7.30. The molecule has 3 unspecified atom stereocenters. The maximum absolute atomic E-state index is 13.2. The highest BCUT2D eigenvalue weighted by molar-refractivity contribution is 5.78. The number of ether oxygens (including phenoxy) is 1. The molecule has 0 rings (SSSR count). The van der Waals surface area contributed by atoms with E-state index in [4.69, 9.17) is 4.74 Å². The van der Waals surface area contributed by atoms with E-state index in [1.165, 1.54) is 70.6 Å². The number of hydrogen-bond donors (Lipinski definition) is 3. The molecular weight excluding hydrogens is 815 g/mol. The van der Waals surface area contributed by atoms with E-state index in [2.05, 4.69) is 135 Å². The molecule has 6 heteroatoms.